The van der Waals surface area contributed by atoms with Gasteiger partial charge in [-0.1, -0.05) is 56.1 Å². The van der Waals surface area contributed by atoms with E-state index >= 15 is 0 Å². The fourth-order valence-electron chi connectivity index (χ4n) is 8.52. The van der Waals surface area contributed by atoms with Gasteiger partial charge in [-0.3, -0.25) is 14.5 Å². The van der Waals surface area contributed by atoms with Gasteiger partial charge in [0.2, 0.25) is 5.91 Å². The average Bonchev–Trinajstić information content (AvgIpc) is 4.02. The summed E-state index contributed by atoms with van der Waals surface area (Å²) in [6, 6.07) is 12.8. The van der Waals surface area contributed by atoms with Gasteiger partial charge in [0.1, 0.15) is 23.7 Å². The zero-order valence-electron chi connectivity index (χ0n) is 37.1. The number of imidazole rings is 2. The molecule has 2 atom stereocenters. The van der Waals surface area contributed by atoms with Gasteiger partial charge in [0.05, 0.1) is 34.6 Å². The van der Waals surface area contributed by atoms with E-state index in [1.54, 1.807) is 49.6 Å². The van der Waals surface area contributed by atoms with Gasteiger partial charge in [0, 0.05) is 35.5 Å². The molecule has 0 saturated carbocycles. The van der Waals surface area contributed by atoms with Crippen LogP contribution < -0.4 is 9.80 Å². The molecule has 13 nitrogen and oxygen atoms in total. The fraction of sp³-hybridized carbons (Fsp3) is 0.444. The Labute approximate surface area is 387 Å². The highest BCUT2D eigenvalue weighted by Gasteiger charge is 2.40. The molecule has 2 saturated heterocycles. The number of alkyl halides is 6. The van der Waals surface area contributed by atoms with E-state index in [1.807, 2.05) is 52.0 Å². The number of rotatable bonds is 8. The van der Waals surface area contributed by atoms with Crippen molar-refractivity contribution in [1.29, 1.82) is 0 Å². The summed E-state index contributed by atoms with van der Waals surface area (Å²) in [4.78, 5) is 37.8. The van der Waals surface area contributed by atoms with Crippen LogP contribution in [0.1, 0.15) is 125 Å². The lowest BCUT2D eigenvalue weighted by Crippen LogP contribution is -2.37. The summed E-state index contributed by atoms with van der Waals surface area (Å²) < 4.78 is 85.4. The normalized spacial score (nSPS) is 17.6. The number of hydrogen-bond donors (Lipinski definition) is 0. The van der Waals surface area contributed by atoms with Crippen molar-refractivity contribution < 1.29 is 35.9 Å². The monoisotopic (exact) mass is 959 g/mol. The van der Waals surface area contributed by atoms with Crippen molar-refractivity contribution in [2.45, 2.75) is 116 Å². The first-order chi connectivity index (χ1) is 31.1. The second kappa shape index (κ2) is 19.3. The van der Waals surface area contributed by atoms with Crippen molar-refractivity contribution in [3.8, 4) is 11.4 Å². The molecule has 0 unspecified atom stereocenters. The lowest BCUT2D eigenvalue weighted by Gasteiger charge is -2.26. The Hall–Kier alpha value is -5.69. The minimum absolute atomic E-state index is 0.0213. The van der Waals surface area contributed by atoms with Crippen molar-refractivity contribution in [3.63, 3.8) is 0 Å². The second-order valence-electron chi connectivity index (χ2n) is 17.0. The van der Waals surface area contributed by atoms with Crippen LogP contribution in [-0.4, -0.2) is 68.8 Å². The largest absolute Gasteiger partial charge is 0.434 e. The van der Waals surface area contributed by atoms with Crippen LogP contribution in [0.25, 0.3) is 11.4 Å². The summed E-state index contributed by atoms with van der Waals surface area (Å²) in [6.45, 7) is 11.8. The molecular formula is C45H49Cl2F6N11O2. The third-order valence-corrected chi connectivity index (χ3v) is 12.2. The molecule has 0 bridgehead atoms. The third-order valence-electron chi connectivity index (χ3n) is 11.7. The number of hydrogen-bond acceptors (Lipinski definition) is 7. The van der Waals surface area contributed by atoms with Gasteiger partial charge >= 0.3 is 12.4 Å². The molecule has 0 radical (unpaired) electrons. The highest BCUT2D eigenvalue weighted by molar-refractivity contribution is 6.30. The Balaban J connectivity index is 0.000000196. The average molecular weight is 961 g/mol. The van der Waals surface area contributed by atoms with E-state index in [0.717, 1.165) is 41.6 Å². The maximum absolute atomic E-state index is 13.7. The summed E-state index contributed by atoms with van der Waals surface area (Å²) in [5.74, 6) is 0.197. The molecule has 2 amide bonds. The van der Waals surface area contributed by atoms with Crippen molar-refractivity contribution in [3.05, 3.63) is 112 Å². The first-order valence-electron chi connectivity index (χ1n) is 21.6. The number of anilines is 2. The number of nitrogens with zero attached hydrogens (tertiary/aromatic N) is 11. The number of aromatic nitrogens is 9. The van der Waals surface area contributed by atoms with Gasteiger partial charge in [-0.15, -0.1) is 5.10 Å². The Morgan fingerprint density at radius 2 is 1.06 bits per heavy atom. The summed E-state index contributed by atoms with van der Waals surface area (Å²) in [7, 11) is 0. The molecule has 4 aromatic heterocycles. The predicted molar refractivity (Wildman–Crippen MR) is 238 cm³/mol. The summed E-state index contributed by atoms with van der Waals surface area (Å²) in [5, 5.41) is 14.4. The van der Waals surface area contributed by atoms with E-state index in [1.165, 1.54) is 23.0 Å². The van der Waals surface area contributed by atoms with Crippen LogP contribution in [0.15, 0.2) is 67.1 Å². The molecular weight excluding hydrogens is 911 g/mol. The van der Waals surface area contributed by atoms with Crippen LogP contribution in [0.2, 0.25) is 10.0 Å². The standard InChI is InChI=1S/C23H25ClF3N5O.C22H24ClF3N6O/c1-14(2)21-19(12-28-32(21)17-9-7-16(24)8-10-17)30-11-5-4-6-18(22(30)33)31-13-20(23(25,26)27)29-15(31)3;1-13(2)19-20(28-29-32(19)16-9-7-15(23)8-10-16)30-11-5-4-6-17(21(30)33)31-12-18(22(24,25)26)27-14(31)3/h7-10,12-14,18H,4-6,11H2,1-3H3;7-10,12-13,17H,4-6,11H2,1-3H3/t18-;17-/m00/s1. The van der Waals surface area contributed by atoms with E-state index in [9.17, 15) is 35.9 Å². The molecule has 0 aliphatic carbocycles. The van der Waals surface area contributed by atoms with Gasteiger partial charge in [-0.05, 0) is 113 Å². The molecule has 2 fully saturated rings. The smallest absolute Gasteiger partial charge is 0.322 e. The maximum Gasteiger partial charge on any atom is 0.434 e. The van der Waals surface area contributed by atoms with Gasteiger partial charge < -0.3 is 14.0 Å². The first kappa shape index (κ1) is 48.2. The molecule has 66 heavy (non-hydrogen) atoms. The Kier molecular flexibility index (Phi) is 14.1. The molecule has 0 spiro atoms. The zero-order chi connectivity index (χ0) is 47.8. The Morgan fingerprint density at radius 3 is 1.50 bits per heavy atom. The zero-order valence-corrected chi connectivity index (χ0v) is 38.6. The number of benzene rings is 2. The molecule has 2 aromatic carbocycles. The number of amides is 2. The van der Waals surface area contributed by atoms with Crippen molar-refractivity contribution in [2.24, 2.45) is 0 Å². The van der Waals surface area contributed by atoms with Gasteiger partial charge in [-0.2, -0.15) is 31.4 Å². The van der Waals surface area contributed by atoms with Crippen LogP contribution in [-0.2, 0) is 21.9 Å². The SMILES string of the molecule is Cc1nc(C(F)(F)F)cn1[C@H]1CCCCN(c2cnn(-c3ccc(Cl)cc3)c2C(C)C)C1=O.Cc1nc(C(F)(F)F)cn1[C@H]1CCCCN(c2nnn(-c3ccc(Cl)cc3)c2C(C)C)C1=O. The minimum Gasteiger partial charge on any atom is -0.322 e. The molecule has 21 heteroatoms. The Morgan fingerprint density at radius 1 is 0.621 bits per heavy atom. The molecule has 6 aromatic rings. The molecule has 0 N–H and O–H groups in total. The lowest BCUT2D eigenvalue weighted by atomic mass is 10.1. The van der Waals surface area contributed by atoms with Crippen molar-refractivity contribution in [2.75, 3.05) is 22.9 Å². The maximum atomic E-state index is 13.7. The predicted octanol–water partition coefficient (Wildman–Crippen LogP) is 11.3. The quantitative estimate of drug-likeness (QED) is 0.139. The van der Waals surface area contributed by atoms with Crippen LogP contribution in [0.4, 0.5) is 37.8 Å². The van der Waals surface area contributed by atoms with Crippen molar-refractivity contribution in [1.82, 2.24) is 43.9 Å². The van der Waals surface area contributed by atoms with Crippen LogP contribution in [0.3, 0.4) is 0 Å². The van der Waals surface area contributed by atoms with Gasteiger partial charge in [0.25, 0.3) is 5.91 Å². The fourth-order valence-corrected chi connectivity index (χ4v) is 8.77. The molecule has 352 valence electrons. The van der Waals surface area contributed by atoms with Crippen LogP contribution in [0.5, 0.6) is 0 Å². The van der Waals surface area contributed by atoms with Crippen molar-refractivity contribution >= 4 is 46.5 Å². The van der Waals surface area contributed by atoms with Crippen LogP contribution >= 0.6 is 23.2 Å². The Bertz CT molecular complexity index is 2480. The van der Waals surface area contributed by atoms with E-state index in [4.69, 9.17) is 23.2 Å². The highest BCUT2D eigenvalue weighted by atomic mass is 35.5. The molecule has 2 aliphatic rings. The topological polar surface area (TPSA) is 125 Å². The van der Waals surface area contributed by atoms with E-state index < -0.39 is 35.8 Å². The van der Waals surface area contributed by atoms with Gasteiger partial charge in [-0.25, -0.2) is 19.3 Å². The third kappa shape index (κ3) is 10.0. The van der Waals surface area contributed by atoms with E-state index in [-0.39, 0.29) is 35.3 Å². The summed E-state index contributed by atoms with van der Waals surface area (Å²) >= 11 is 12.0. The number of carbonyl (C=O) groups excluding carboxylic acids is 2. The highest BCUT2D eigenvalue weighted by Crippen LogP contribution is 2.38. The van der Waals surface area contributed by atoms with Gasteiger partial charge in [0.15, 0.2) is 17.2 Å². The molecule has 8 rings (SSSR count). The number of halogens is 8. The minimum atomic E-state index is -4.57. The number of carbonyl (C=O) groups is 2. The number of aryl methyl sites for hydroxylation is 2. The molecule has 6 heterocycles. The lowest BCUT2D eigenvalue weighted by molar-refractivity contribution is -0.141. The summed E-state index contributed by atoms with van der Waals surface area (Å²) in [5.41, 5.74) is 1.84. The van der Waals surface area contributed by atoms with E-state index in [0.29, 0.717) is 66.7 Å². The first-order valence-corrected chi connectivity index (χ1v) is 22.3. The second-order valence-corrected chi connectivity index (χ2v) is 17.8. The molecule has 2 aliphatic heterocycles. The van der Waals surface area contributed by atoms with Crippen LogP contribution in [0, 0.1) is 13.8 Å². The van der Waals surface area contributed by atoms with E-state index in [2.05, 4.69) is 25.4 Å². The summed E-state index contributed by atoms with van der Waals surface area (Å²) in [6.07, 6.45) is -1.88.